The summed E-state index contributed by atoms with van der Waals surface area (Å²) < 4.78 is 12.0. The van der Waals surface area contributed by atoms with Crippen molar-refractivity contribution in [2.75, 3.05) is 6.61 Å². The third-order valence-corrected chi connectivity index (χ3v) is 10.3. The Morgan fingerprint density at radius 3 is 2.03 bits per heavy atom. The molecule has 0 aliphatic heterocycles. The normalized spacial score (nSPS) is 46.3. The maximum Gasteiger partial charge on any atom is 0.344 e. The Kier molecular flexibility index (Phi) is 5.02. The van der Waals surface area contributed by atoms with Crippen molar-refractivity contribution in [1.29, 1.82) is 0 Å². The SMILES string of the molecule is CCC(C)(C)C(=O)OCC(=O)OC1(C2CC3CC2CC3C)C2CC3CC(C2)CC1C3. The Morgan fingerprint density at radius 2 is 1.53 bits per heavy atom. The summed E-state index contributed by atoms with van der Waals surface area (Å²) in [5.41, 5.74) is -0.835. The quantitative estimate of drug-likeness (QED) is 0.545. The highest BCUT2D eigenvalue weighted by Crippen LogP contribution is 2.67. The van der Waals surface area contributed by atoms with Gasteiger partial charge >= 0.3 is 11.9 Å². The van der Waals surface area contributed by atoms with Gasteiger partial charge in [0.2, 0.25) is 0 Å². The Hall–Kier alpha value is -1.06. The van der Waals surface area contributed by atoms with E-state index in [0.717, 1.165) is 29.6 Å². The van der Waals surface area contributed by atoms with Crippen molar-refractivity contribution < 1.29 is 19.1 Å². The summed E-state index contributed by atoms with van der Waals surface area (Å²) in [6.07, 6.45) is 10.9. The van der Waals surface area contributed by atoms with Crippen LogP contribution in [0.4, 0.5) is 0 Å². The largest absolute Gasteiger partial charge is 0.456 e. The molecule has 6 bridgehead atoms. The van der Waals surface area contributed by atoms with Crippen LogP contribution in [0.5, 0.6) is 0 Å². The highest BCUT2D eigenvalue weighted by molar-refractivity contribution is 5.80. The highest BCUT2D eigenvalue weighted by Gasteiger charge is 2.66. The zero-order valence-corrected chi connectivity index (χ0v) is 19.3. The molecule has 0 amide bonds. The molecule has 0 saturated heterocycles. The molecule has 30 heavy (non-hydrogen) atoms. The van der Waals surface area contributed by atoms with Gasteiger partial charge < -0.3 is 9.47 Å². The Labute approximate surface area is 181 Å². The molecule has 0 spiro atoms. The van der Waals surface area contributed by atoms with Gasteiger partial charge in [0.05, 0.1) is 5.41 Å². The summed E-state index contributed by atoms with van der Waals surface area (Å²) in [4.78, 5) is 25.5. The van der Waals surface area contributed by atoms with Gasteiger partial charge in [0.1, 0.15) is 5.60 Å². The van der Waals surface area contributed by atoms with Gasteiger partial charge in [-0.05, 0) is 113 Å². The van der Waals surface area contributed by atoms with Crippen LogP contribution in [0.15, 0.2) is 0 Å². The number of rotatable bonds is 6. The van der Waals surface area contributed by atoms with Gasteiger partial charge in [0.15, 0.2) is 6.61 Å². The molecule has 0 aromatic rings. The lowest BCUT2D eigenvalue weighted by molar-refractivity contribution is -0.238. The first-order valence-electron chi connectivity index (χ1n) is 12.6. The van der Waals surface area contributed by atoms with Crippen molar-refractivity contribution in [2.45, 2.75) is 91.1 Å². The van der Waals surface area contributed by atoms with Crippen LogP contribution >= 0.6 is 0 Å². The van der Waals surface area contributed by atoms with E-state index in [-0.39, 0.29) is 24.1 Å². The highest BCUT2D eigenvalue weighted by atomic mass is 16.6. The average molecular weight is 417 g/mol. The van der Waals surface area contributed by atoms with E-state index in [1.807, 2.05) is 20.8 Å². The van der Waals surface area contributed by atoms with Gasteiger partial charge in [0, 0.05) is 5.92 Å². The minimum Gasteiger partial charge on any atom is -0.456 e. The molecule has 0 aromatic carbocycles. The number of esters is 2. The van der Waals surface area contributed by atoms with Gasteiger partial charge in [-0.3, -0.25) is 4.79 Å². The van der Waals surface area contributed by atoms with Gasteiger partial charge in [-0.15, -0.1) is 0 Å². The van der Waals surface area contributed by atoms with E-state index >= 15 is 0 Å². The van der Waals surface area contributed by atoms with E-state index in [2.05, 4.69) is 6.92 Å². The molecule has 6 fully saturated rings. The van der Waals surface area contributed by atoms with Crippen LogP contribution in [-0.4, -0.2) is 24.1 Å². The van der Waals surface area contributed by atoms with E-state index < -0.39 is 5.41 Å². The van der Waals surface area contributed by atoms with Crippen LogP contribution in [0.1, 0.15) is 85.5 Å². The predicted molar refractivity (Wildman–Crippen MR) is 114 cm³/mol. The van der Waals surface area contributed by atoms with Crippen molar-refractivity contribution >= 4 is 11.9 Å². The molecule has 4 atom stereocenters. The van der Waals surface area contributed by atoms with Crippen LogP contribution in [0.25, 0.3) is 0 Å². The summed E-state index contributed by atoms with van der Waals surface area (Å²) in [7, 11) is 0. The Bertz CT molecular complexity index is 680. The second kappa shape index (κ2) is 7.24. The molecule has 0 radical (unpaired) electrons. The summed E-state index contributed by atoms with van der Waals surface area (Å²) in [6, 6.07) is 0. The lowest BCUT2D eigenvalue weighted by Gasteiger charge is -2.63. The first kappa shape index (κ1) is 20.8. The van der Waals surface area contributed by atoms with E-state index in [0.29, 0.717) is 24.2 Å². The fourth-order valence-corrected chi connectivity index (χ4v) is 8.58. The Morgan fingerprint density at radius 1 is 0.900 bits per heavy atom. The van der Waals surface area contributed by atoms with Crippen molar-refractivity contribution in [3.8, 4) is 0 Å². The number of fused-ring (bicyclic) bond motifs is 2. The summed E-state index contributed by atoms with van der Waals surface area (Å²) in [5, 5.41) is 0. The minimum absolute atomic E-state index is 0.229. The first-order valence-corrected chi connectivity index (χ1v) is 12.6. The minimum atomic E-state index is -0.554. The number of carbonyl (C=O) groups excluding carboxylic acids is 2. The topological polar surface area (TPSA) is 52.6 Å². The lowest BCUT2D eigenvalue weighted by Crippen LogP contribution is -2.64. The van der Waals surface area contributed by atoms with Gasteiger partial charge in [-0.2, -0.15) is 0 Å². The van der Waals surface area contributed by atoms with Crippen molar-refractivity contribution in [1.82, 2.24) is 0 Å². The summed E-state index contributed by atoms with van der Waals surface area (Å²) in [6.45, 7) is 7.89. The molecule has 6 aliphatic rings. The fraction of sp³-hybridized carbons (Fsp3) is 0.923. The molecule has 0 N–H and O–H groups in total. The molecule has 6 rings (SSSR count). The monoisotopic (exact) mass is 416 g/mol. The molecule has 4 nitrogen and oxygen atoms in total. The van der Waals surface area contributed by atoms with E-state index in [1.165, 1.54) is 51.4 Å². The van der Waals surface area contributed by atoms with Crippen molar-refractivity contribution in [3.05, 3.63) is 0 Å². The van der Waals surface area contributed by atoms with Gasteiger partial charge in [0.25, 0.3) is 0 Å². The molecule has 168 valence electrons. The number of hydrogen-bond acceptors (Lipinski definition) is 4. The van der Waals surface area contributed by atoms with E-state index in [4.69, 9.17) is 9.47 Å². The number of carbonyl (C=O) groups is 2. The smallest absolute Gasteiger partial charge is 0.344 e. The second-order valence-corrected chi connectivity index (χ2v) is 12.3. The van der Waals surface area contributed by atoms with Crippen molar-refractivity contribution in [3.63, 3.8) is 0 Å². The molecule has 0 aromatic heterocycles. The van der Waals surface area contributed by atoms with Crippen LogP contribution in [0, 0.1) is 52.8 Å². The summed E-state index contributed by atoms with van der Waals surface area (Å²) >= 11 is 0. The molecule has 4 heteroatoms. The van der Waals surface area contributed by atoms with Crippen LogP contribution in [0.2, 0.25) is 0 Å². The zero-order chi connectivity index (χ0) is 21.3. The molecule has 4 unspecified atom stereocenters. The molecule has 6 saturated carbocycles. The maximum atomic E-state index is 13.1. The average Bonchev–Trinajstić information content (AvgIpc) is 3.28. The molecule has 6 aliphatic carbocycles. The van der Waals surface area contributed by atoms with Gasteiger partial charge in [-0.1, -0.05) is 13.8 Å². The second-order valence-electron chi connectivity index (χ2n) is 12.3. The fourth-order valence-electron chi connectivity index (χ4n) is 8.58. The van der Waals surface area contributed by atoms with Gasteiger partial charge in [-0.25, -0.2) is 4.79 Å². The first-order chi connectivity index (χ1) is 14.2. The molecule has 0 heterocycles. The lowest BCUT2D eigenvalue weighted by atomic mass is 9.46. The predicted octanol–water partition coefficient (Wildman–Crippen LogP) is 5.39. The molecular weight excluding hydrogens is 376 g/mol. The third kappa shape index (κ3) is 3.14. The Balaban J connectivity index is 1.35. The number of hydrogen-bond donors (Lipinski definition) is 0. The van der Waals surface area contributed by atoms with E-state index in [1.54, 1.807) is 0 Å². The summed E-state index contributed by atoms with van der Waals surface area (Å²) in [5.74, 6) is 5.04. The van der Waals surface area contributed by atoms with Crippen molar-refractivity contribution in [2.24, 2.45) is 52.8 Å². The standard InChI is InChI=1S/C26H40O4/c1-5-25(3,4)24(28)29-14-23(27)30-26(22-13-18-12-19(22)6-15(18)2)20-8-16-7-17(10-20)11-21(26)9-16/h15-22H,5-14H2,1-4H3. The molecular formula is C26H40O4. The zero-order valence-electron chi connectivity index (χ0n) is 19.3. The van der Waals surface area contributed by atoms with Crippen LogP contribution < -0.4 is 0 Å². The third-order valence-electron chi connectivity index (χ3n) is 10.3. The number of ether oxygens (including phenoxy) is 2. The van der Waals surface area contributed by atoms with Crippen LogP contribution in [0.3, 0.4) is 0 Å². The maximum absolute atomic E-state index is 13.1. The van der Waals surface area contributed by atoms with E-state index in [9.17, 15) is 9.59 Å². The van der Waals surface area contributed by atoms with Crippen LogP contribution in [-0.2, 0) is 19.1 Å².